The lowest BCUT2D eigenvalue weighted by molar-refractivity contribution is 1.27. The van der Waals surface area contributed by atoms with Gasteiger partial charge in [-0.15, -0.1) is 6.42 Å². The number of rotatable bonds is 0. The number of pyridine rings is 1. The Bertz CT molecular complexity index is 563. The fourth-order valence-electron chi connectivity index (χ4n) is 1.22. The molecule has 0 radical (unpaired) electrons. The lowest BCUT2D eigenvalue weighted by Crippen LogP contribution is -1.82. The average molecular weight is 203 g/mol. The molecular formula is C15H9N. The zero-order valence-electron chi connectivity index (χ0n) is 8.64. The summed E-state index contributed by atoms with van der Waals surface area (Å²) in [5.41, 5.74) is 2.48. The lowest BCUT2D eigenvalue weighted by atomic mass is 10.2. The average Bonchev–Trinajstić information content (AvgIpc) is 2.38. The van der Waals surface area contributed by atoms with Gasteiger partial charge in [-0.25, -0.2) is 4.98 Å². The van der Waals surface area contributed by atoms with Gasteiger partial charge in [0.1, 0.15) is 5.69 Å². The van der Waals surface area contributed by atoms with Crippen molar-refractivity contribution in [1.82, 2.24) is 4.98 Å². The van der Waals surface area contributed by atoms with Crippen LogP contribution >= 0.6 is 0 Å². The quantitative estimate of drug-likeness (QED) is 0.599. The van der Waals surface area contributed by atoms with E-state index in [4.69, 9.17) is 6.42 Å². The van der Waals surface area contributed by atoms with Gasteiger partial charge in [0.15, 0.2) is 0 Å². The molecule has 2 rings (SSSR count). The first-order valence-corrected chi connectivity index (χ1v) is 4.88. The standard InChI is InChI=1S/C15H9N/c1-2-15-11-10-14(12-16-15)9-8-13-6-4-3-5-7-13/h1,3-7,10-12H. The predicted molar refractivity (Wildman–Crippen MR) is 64.6 cm³/mol. The molecule has 2 aromatic rings. The first-order valence-electron chi connectivity index (χ1n) is 4.88. The molecule has 1 aromatic carbocycles. The zero-order valence-corrected chi connectivity index (χ0v) is 8.64. The highest BCUT2D eigenvalue weighted by atomic mass is 14.7. The fraction of sp³-hybridized carbons (Fsp3) is 0. The van der Waals surface area contributed by atoms with E-state index in [1.165, 1.54) is 0 Å². The van der Waals surface area contributed by atoms with Gasteiger partial charge in [-0.2, -0.15) is 0 Å². The van der Waals surface area contributed by atoms with Gasteiger partial charge >= 0.3 is 0 Å². The van der Waals surface area contributed by atoms with Crippen LogP contribution in [0.3, 0.4) is 0 Å². The van der Waals surface area contributed by atoms with Crippen LogP contribution < -0.4 is 0 Å². The molecule has 0 spiro atoms. The maximum absolute atomic E-state index is 5.22. The van der Waals surface area contributed by atoms with E-state index in [0.29, 0.717) is 5.69 Å². The van der Waals surface area contributed by atoms with E-state index in [0.717, 1.165) is 11.1 Å². The van der Waals surface area contributed by atoms with Crippen molar-refractivity contribution in [3.63, 3.8) is 0 Å². The first kappa shape index (κ1) is 10.0. The van der Waals surface area contributed by atoms with Crippen LogP contribution in [0, 0.1) is 24.2 Å². The third-order valence-electron chi connectivity index (χ3n) is 2.04. The molecule has 74 valence electrons. The second kappa shape index (κ2) is 4.82. The Balaban J connectivity index is 2.22. The van der Waals surface area contributed by atoms with Crippen molar-refractivity contribution in [2.45, 2.75) is 0 Å². The van der Waals surface area contributed by atoms with Crippen molar-refractivity contribution < 1.29 is 0 Å². The van der Waals surface area contributed by atoms with E-state index in [1.807, 2.05) is 36.4 Å². The molecule has 0 saturated heterocycles. The highest BCUT2D eigenvalue weighted by Crippen LogP contribution is 1.99. The summed E-state index contributed by atoms with van der Waals surface area (Å²) in [7, 11) is 0. The number of hydrogen-bond donors (Lipinski definition) is 0. The molecule has 0 fully saturated rings. The van der Waals surface area contributed by atoms with Crippen LogP contribution in [0.1, 0.15) is 16.8 Å². The summed E-state index contributed by atoms with van der Waals surface area (Å²) >= 11 is 0. The number of benzene rings is 1. The predicted octanol–water partition coefficient (Wildman–Crippen LogP) is 2.46. The lowest BCUT2D eigenvalue weighted by Gasteiger charge is -1.90. The molecule has 0 aliphatic rings. The number of hydrogen-bond acceptors (Lipinski definition) is 1. The minimum absolute atomic E-state index is 0.630. The molecule has 0 aliphatic heterocycles. The van der Waals surface area contributed by atoms with Crippen LogP contribution in [0.15, 0.2) is 48.7 Å². The SMILES string of the molecule is C#Cc1ccc(C#Cc2ccccc2)cn1. The maximum atomic E-state index is 5.22. The van der Waals surface area contributed by atoms with Crippen LogP contribution in [0.2, 0.25) is 0 Å². The summed E-state index contributed by atoms with van der Waals surface area (Å²) in [6, 6.07) is 13.5. The van der Waals surface area contributed by atoms with Crippen LogP contribution in [0.4, 0.5) is 0 Å². The Kier molecular flexibility index (Phi) is 3.02. The van der Waals surface area contributed by atoms with Crippen molar-refractivity contribution in [3.8, 4) is 24.2 Å². The molecule has 16 heavy (non-hydrogen) atoms. The number of aromatic nitrogens is 1. The van der Waals surface area contributed by atoms with Crippen molar-refractivity contribution in [2.24, 2.45) is 0 Å². The third-order valence-corrected chi connectivity index (χ3v) is 2.04. The van der Waals surface area contributed by atoms with E-state index in [-0.39, 0.29) is 0 Å². The van der Waals surface area contributed by atoms with Gasteiger partial charge in [-0.1, -0.05) is 36.0 Å². The summed E-state index contributed by atoms with van der Waals surface area (Å²) in [5.74, 6) is 8.56. The fourth-order valence-corrected chi connectivity index (χ4v) is 1.22. The first-order chi connectivity index (χ1) is 7.88. The van der Waals surface area contributed by atoms with Gasteiger partial charge in [0.05, 0.1) is 0 Å². The van der Waals surface area contributed by atoms with E-state index in [1.54, 1.807) is 12.3 Å². The van der Waals surface area contributed by atoms with Gasteiger partial charge in [0.2, 0.25) is 0 Å². The van der Waals surface area contributed by atoms with Crippen LogP contribution in [-0.2, 0) is 0 Å². The Morgan fingerprint density at radius 2 is 1.62 bits per heavy atom. The van der Waals surface area contributed by atoms with Gasteiger partial charge < -0.3 is 0 Å². The zero-order chi connectivity index (χ0) is 11.2. The topological polar surface area (TPSA) is 12.9 Å². The largest absolute Gasteiger partial charge is 0.247 e. The molecule has 1 heterocycles. The molecule has 0 aliphatic carbocycles. The molecule has 1 heteroatoms. The second-order valence-electron chi connectivity index (χ2n) is 3.19. The van der Waals surface area contributed by atoms with E-state index < -0.39 is 0 Å². The molecule has 0 amide bonds. The molecule has 1 aromatic heterocycles. The van der Waals surface area contributed by atoms with Gasteiger partial charge in [0, 0.05) is 17.3 Å². The molecule has 0 atom stereocenters. The molecule has 1 nitrogen and oxygen atoms in total. The smallest absolute Gasteiger partial charge is 0.112 e. The van der Waals surface area contributed by atoms with Gasteiger partial charge in [0.25, 0.3) is 0 Å². The van der Waals surface area contributed by atoms with Gasteiger partial charge in [-0.3, -0.25) is 0 Å². The summed E-state index contributed by atoms with van der Waals surface area (Å²) in [6.45, 7) is 0. The highest BCUT2D eigenvalue weighted by molar-refractivity contribution is 5.42. The number of terminal acetylenes is 1. The second-order valence-corrected chi connectivity index (χ2v) is 3.19. The minimum atomic E-state index is 0.630. The Morgan fingerprint density at radius 3 is 2.25 bits per heavy atom. The summed E-state index contributed by atoms with van der Waals surface area (Å²) in [5, 5.41) is 0. The van der Waals surface area contributed by atoms with Crippen LogP contribution in [0.25, 0.3) is 0 Å². The Labute approximate surface area is 95.2 Å². The molecule has 0 bridgehead atoms. The normalized spacial score (nSPS) is 8.69. The van der Waals surface area contributed by atoms with Crippen molar-refractivity contribution in [1.29, 1.82) is 0 Å². The Hall–Kier alpha value is -2.51. The molecule has 0 unspecified atom stereocenters. The van der Waals surface area contributed by atoms with E-state index in [2.05, 4.69) is 22.7 Å². The van der Waals surface area contributed by atoms with Crippen LogP contribution in [-0.4, -0.2) is 4.98 Å². The molecular weight excluding hydrogens is 194 g/mol. The maximum Gasteiger partial charge on any atom is 0.112 e. The third kappa shape index (κ3) is 2.50. The monoisotopic (exact) mass is 203 g/mol. The van der Waals surface area contributed by atoms with Crippen molar-refractivity contribution in [3.05, 3.63) is 65.5 Å². The van der Waals surface area contributed by atoms with Crippen molar-refractivity contribution >= 4 is 0 Å². The molecule has 0 saturated carbocycles. The van der Waals surface area contributed by atoms with E-state index >= 15 is 0 Å². The van der Waals surface area contributed by atoms with E-state index in [9.17, 15) is 0 Å². The molecule has 0 N–H and O–H groups in total. The van der Waals surface area contributed by atoms with Crippen molar-refractivity contribution in [2.75, 3.05) is 0 Å². The summed E-state index contributed by atoms with van der Waals surface area (Å²) < 4.78 is 0. The highest BCUT2D eigenvalue weighted by Gasteiger charge is 1.89. The minimum Gasteiger partial charge on any atom is -0.247 e. The summed E-state index contributed by atoms with van der Waals surface area (Å²) in [4.78, 5) is 4.07. The Morgan fingerprint density at radius 1 is 0.875 bits per heavy atom. The number of nitrogens with zero attached hydrogens (tertiary/aromatic N) is 1. The van der Waals surface area contributed by atoms with Crippen LogP contribution in [0.5, 0.6) is 0 Å². The van der Waals surface area contributed by atoms with Gasteiger partial charge in [-0.05, 0) is 24.3 Å². The summed E-state index contributed by atoms with van der Waals surface area (Å²) in [6.07, 6.45) is 6.90.